The van der Waals surface area contributed by atoms with Crippen molar-refractivity contribution < 1.29 is 23.7 Å². The van der Waals surface area contributed by atoms with Crippen LogP contribution in [0.2, 0.25) is 0 Å². The molecule has 5 nitrogen and oxygen atoms in total. The van der Waals surface area contributed by atoms with Crippen molar-refractivity contribution in [2.75, 3.05) is 12.9 Å². The second-order valence-electron chi connectivity index (χ2n) is 11.6. The van der Waals surface area contributed by atoms with Gasteiger partial charge in [-0.25, -0.2) is 0 Å². The molecule has 0 aliphatic carbocycles. The first-order chi connectivity index (χ1) is 23.7. The van der Waals surface area contributed by atoms with Crippen LogP contribution in [0.3, 0.4) is 0 Å². The van der Waals surface area contributed by atoms with E-state index < -0.39 is 24.4 Å². The molecule has 0 saturated carbocycles. The highest BCUT2D eigenvalue weighted by atomic mass is 32.2. The van der Waals surface area contributed by atoms with Crippen molar-refractivity contribution in [3.8, 4) is 0 Å². The molecule has 1 aliphatic heterocycles. The summed E-state index contributed by atoms with van der Waals surface area (Å²) in [5.41, 5.74) is 3.98. The third-order valence-corrected chi connectivity index (χ3v) is 10.1. The van der Waals surface area contributed by atoms with E-state index in [4.69, 9.17) is 23.7 Å². The van der Waals surface area contributed by atoms with Gasteiger partial charge in [-0.1, -0.05) is 133 Å². The number of benzene rings is 5. The van der Waals surface area contributed by atoms with E-state index >= 15 is 0 Å². The quantitative estimate of drug-likeness (QED) is 0.0965. The van der Waals surface area contributed by atoms with Crippen LogP contribution in [0.15, 0.2) is 155 Å². The maximum atomic E-state index is 6.97. The topological polar surface area (TPSA) is 46.2 Å². The zero-order valence-corrected chi connectivity index (χ0v) is 28.8. The van der Waals surface area contributed by atoms with Gasteiger partial charge in [0.2, 0.25) is 0 Å². The summed E-state index contributed by atoms with van der Waals surface area (Å²) in [6.45, 7) is 2.06. The molecule has 1 saturated heterocycles. The van der Waals surface area contributed by atoms with Gasteiger partial charge in [-0.2, -0.15) is 0 Å². The van der Waals surface area contributed by atoms with E-state index in [-0.39, 0.29) is 5.44 Å². The normalized spacial score (nSPS) is 20.8. The molecule has 1 aliphatic rings. The smallest absolute Gasteiger partial charge is 0.137 e. The summed E-state index contributed by atoms with van der Waals surface area (Å²) in [7, 11) is 0. The molecule has 5 aromatic carbocycles. The second-order valence-corrected chi connectivity index (χ2v) is 13.7. The molecule has 0 aromatic heterocycles. The lowest BCUT2D eigenvalue weighted by Crippen LogP contribution is -2.60. The lowest BCUT2D eigenvalue weighted by Gasteiger charge is -2.46. The third-order valence-electron chi connectivity index (χ3n) is 8.15. The molecular formula is C41H42O5S2. The first-order valence-electron chi connectivity index (χ1n) is 16.3. The number of ether oxygens (including phenoxy) is 5. The van der Waals surface area contributed by atoms with E-state index in [9.17, 15) is 0 Å². The second kappa shape index (κ2) is 18.4. The largest absolute Gasteiger partial charge is 0.374 e. The van der Waals surface area contributed by atoms with Gasteiger partial charge >= 0.3 is 0 Å². The molecule has 248 valence electrons. The van der Waals surface area contributed by atoms with Gasteiger partial charge < -0.3 is 23.7 Å². The maximum absolute atomic E-state index is 6.97. The van der Waals surface area contributed by atoms with Crippen LogP contribution in [0.1, 0.15) is 22.3 Å². The van der Waals surface area contributed by atoms with Gasteiger partial charge in [0, 0.05) is 9.79 Å². The molecule has 0 unspecified atom stereocenters. The molecule has 1 heterocycles. The lowest BCUT2D eigenvalue weighted by molar-refractivity contribution is -0.254. The fourth-order valence-corrected chi connectivity index (χ4v) is 7.17. The number of hydrogen-bond donors (Lipinski definition) is 0. The molecule has 0 N–H and O–H groups in total. The number of rotatable bonds is 16. The summed E-state index contributed by atoms with van der Waals surface area (Å²) in [5.74, 6) is 0. The van der Waals surface area contributed by atoms with E-state index in [0.717, 1.165) is 27.1 Å². The van der Waals surface area contributed by atoms with E-state index in [2.05, 4.69) is 79.1 Å². The van der Waals surface area contributed by atoms with Crippen LogP contribution >= 0.6 is 23.5 Å². The average Bonchev–Trinajstić information content (AvgIpc) is 3.15. The van der Waals surface area contributed by atoms with Crippen LogP contribution in [0.5, 0.6) is 0 Å². The standard InChI is InChI=1S/C41H42O5S2/c1-47-35-22-24-36(25-23-35)48-41-40(45-29-34-20-12-5-13-21-34)39(44-28-33-18-10-4-11-19-33)38(43-27-32-16-8-3-9-17-32)37(46-41)30-42-26-31-14-6-2-7-15-31/h2-25,37-41H,26-30H2,1H3/t37-,38-,39+,40-,41+/m1/s1. The highest BCUT2D eigenvalue weighted by Crippen LogP contribution is 2.39. The zero-order chi connectivity index (χ0) is 32.8. The van der Waals surface area contributed by atoms with Crippen LogP contribution in [0.4, 0.5) is 0 Å². The van der Waals surface area contributed by atoms with Crippen molar-refractivity contribution in [1.29, 1.82) is 0 Å². The van der Waals surface area contributed by atoms with E-state index in [0.29, 0.717) is 33.0 Å². The van der Waals surface area contributed by atoms with E-state index in [1.165, 1.54) is 4.90 Å². The van der Waals surface area contributed by atoms with Gasteiger partial charge in [0.15, 0.2) is 0 Å². The molecule has 0 bridgehead atoms. The van der Waals surface area contributed by atoms with Crippen molar-refractivity contribution >= 4 is 23.5 Å². The number of hydrogen-bond acceptors (Lipinski definition) is 7. The van der Waals surface area contributed by atoms with Crippen molar-refractivity contribution in [2.45, 2.75) is 66.1 Å². The Morgan fingerprint density at radius 2 is 0.896 bits per heavy atom. The molecule has 5 aromatic rings. The Labute approximate surface area is 292 Å². The molecule has 48 heavy (non-hydrogen) atoms. The van der Waals surface area contributed by atoms with Crippen molar-refractivity contribution in [1.82, 2.24) is 0 Å². The molecule has 7 heteroatoms. The Hall–Kier alpha value is -3.40. The van der Waals surface area contributed by atoms with Crippen LogP contribution < -0.4 is 0 Å². The van der Waals surface area contributed by atoms with Gasteiger partial charge in [-0.3, -0.25) is 0 Å². The summed E-state index contributed by atoms with van der Waals surface area (Å²) < 4.78 is 33.8. The predicted octanol–water partition coefficient (Wildman–Crippen LogP) is 9.20. The van der Waals surface area contributed by atoms with Crippen LogP contribution in [0, 0.1) is 0 Å². The first-order valence-corrected chi connectivity index (χ1v) is 18.4. The summed E-state index contributed by atoms with van der Waals surface area (Å²) in [6, 6.07) is 49.5. The highest BCUT2D eigenvalue weighted by molar-refractivity contribution is 8.00. The summed E-state index contributed by atoms with van der Waals surface area (Å²) in [5, 5.41) is 0. The maximum Gasteiger partial charge on any atom is 0.137 e. The Kier molecular flexibility index (Phi) is 13.2. The average molecular weight is 679 g/mol. The van der Waals surface area contributed by atoms with Crippen LogP contribution in [-0.2, 0) is 50.1 Å². The summed E-state index contributed by atoms with van der Waals surface area (Å²) in [4.78, 5) is 2.31. The first kappa shape index (κ1) is 34.5. The molecule has 5 atom stereocenters. The Morgan fingerprint density at radius 3 is 1.38 bits per heavy atom. The predicted molar refractivity (Wildman–Crippen MR) is 194 cm³/mol. The Balaban J connectivity index is 1.32. The highest BCUT2D eigenvalue weighted by Gasteiger charge is 2.49. The Bertz CT molecular complexity index is 1610. The lowest BCUT2D eigenvalue weighted by atomic mass is 9.98. The summed E-state index contributed by atoms with van der Waals surface area (Å²) in [6.07, 6.45) is 0.341. The molecule has 0 spiro atoms. The molecule has 0 amide bonds. The van der Waals surface area contributed by atoms with Crippen molar-refractivity contribution in [2.24, 2.45) is 0 Å². The van der Waals surface area contributed by atoms with Crippen molar-refractivity contribution in [3.05, 3.63) is 168 Å². The molecular weight excluding hydrogens is 637 g/mol. The van der Waals surface area contributed by atoms with Crippen molar-refractivity contribution in [3.63, 3.8) is 0 Å². The molecule has 1 fully saturated rings. The van der Waals surface area contributed by atoms with E-state index in [1.54, 1.807) is 23.5 Å². The van der Waals surface area contributed by atoms with Gasteiger partial charge in [0.05, 0.1) is 33.0 Å². The van der Waals surface area contributed by atoms with Gasteiger partial charge in [-0.15, -0.1) is 11.8 Å². The minimum Gasteiger partial charge on any atom is -0.374 e. The SMILES string of the molecule is CSc1ccc(S[C@@H]2O[C@H](COCc3ccccc3)[C@@H](OCc3ccccc3)[C@H](OCc3ccccc3)[C@H]2OCc2ccccc2)cc1. The fraction of sp³-hybridized carbons (Fsp3) is 0.268. The van der Waals surface area contributed by atoms with Gasteiger partial charge in [0.1, 0.15) is 29.9 Å². The summed E-state index contributed by atoms with van der Waals surface area (Å²) >= 11 is 3.38. The molecule has 0 radical (unpaired) electrons. The van der Waals surface area contributed by atoms with Crippen LogP contribution in [0.25, 0.3) is 0 Å². The molecule has 6 rings (SSSR count). The third kappa shape index (κ3) is 10.1. The van der Waals surface area contributed by atoms with Gasteiger partial charge in [0.25, 0.3) is 0 Å². The fourth-order valence-electron chi connectivity index (χ4n) is 5.63. The zero-order valence-electron chi connectivity index (χ0n) is 27.1. The van der Waals surface area contributed by atoms with E-state index in [1.807, 2.05) is 72.8 Å². The van der Waals surface area contributed by atoms with Gasteiger partial charge in [-0.05, 0) is 52.8 Å². The minimum absolute atomic E-state index is 0.341. The monoisotopic (exact) mass is 678 g/mol. The minimum atomic E-state index is -0.457. The Morgan fingerprint density at radius 1 is 0.479 bits per heavy atom. The number of thioether (sulfide) groups is 2. The van der Waals surface area contributed by atoms with Crippen LogP contribution in [-0.4, -0.2) is 42.7 Å².